The van der Waals surface area contributed by atoms with E-state index in [4.69, 9.17) is 0 Å². The Balaban J connectivity index is 1.78. The second-order valence-corrected chi connectivity index (χ2v) is 10.2. The standard InChI is InChI=1S/C23H18BrN3OS/c1-15-3-6-19(7-4-15)29(2,28)27-14-21(20-12-18(24)13-26-23(20)27)16-5-8-22-17(11-16)9-10-25-22/h3-14,25H,2H2,1H3. The Hall–Kier alpha value is -2.83. The third kappa shape index (κ3) is 2.99. The van der Waals surface area contributed by atoms with Crippen LogP contribution in [-0.2, 0) is 9.71 Å². The number of fused-ring (bicyclic) bond motifs is 2. The molecule has 0 saturated heterocycles. The zero-order valence-corrected chi connectivity index (χ0v) is 18.1. The predicted molar refractivity (Wildman–Crippen MR) is 125 cm³/mol. The minimum absolute atomic E-state index is 0.651. The molecule has 0 aliphatic carbocycles. The topological polar surface area (TPSA) is 50.7 Å². The van der Waals surface area contributed by atoms with Crippen LogP contribution in [0.5, 0.6) is 0 Å². The third-order valence-corrected chi connectivity index (χ3v) is 7.51. The van der Waals surface area contributed by atoms with Crippen LogP contribution in [0.1, 0.15) is 5.56 Å². The van der Waals surface area contributed by atoms with Gasteiger partial charge < -0.3 is 4.98 Å². The molecule has 3 aromatic heterocycles. The highest BCUT2D eigenvalue weighted by Gasteiger charge is 2.19. The molecule has 0 aliphatic heterocycles. The molecule has 5 aromatic rings. The van der Waals surface area contributed by atoms with Gasteiger partial charge in [0.2, 0.25) is 0 Å². The number of halogens is 1. The molecule has 5 rings (SSSR count). The van der Waals surface area contributed by atoms with Crippen LogP contribution in [0.3, 0.4) is 0 Å². The zero-order valence-electron chi connectivity index (χ0n) is 15.7. The van der Waals surface area contributed by atoms with Gasteiger partial charge in [-0.1, -0.05) is 23.8 Å². The molecule has 4 nitrogen and oxygen atoms in total. The van der Waals surface area contributed by atoms with E-state index in [0.29, 0.717) is 10.5 Å². The quantitative estimate of drug-likeness (QED) is 0.344. The summed E-state index contributed by atoms with van der Waals surface area (Å²) in [4.78, 5) is 8.48. The van der Waals surface area contributed by atoms with Crippen molar-refractivity contribution < 1.29 is 4.21 Å². The predicted octanol–water partition coefficient (Wildman–Crippen LogP) is 5.79. The van der Waals surface area contributed by atoms with Crippen molar-refractivity contribution >= 4 is 53.4 Å². The first kappa shape index (κ1) is 18.2. The molecule has 0 amide bonds. The molecule has 0 spiro atoms. The van der Waals surface area contributed by atoms with Crippen molar-refractivity contribution in [2.45, 2.75) is 11.8 Å². The van der Waals surface area contributed by atoms with E-state index in [0.717, 1.165) is 37.5 Å². The first-order chi connectivity index (χ1) is 13.9. The maximum Gasteiger partial charge on any atom is 0.152 e. The molecular weight excluding hydrogens is 446 g/mol. The number of pyridine rings is 1. The van der Waals surface area contributed by atoms with E-state index >= 15 is 0 Å². The molecule has 6 heteroatoms. The molecule has 2 aromatic carbocycles. The summed E-state index contributed by atoms with van der Waals surface area (Å²) in [5.41, 5.74) is 4.86. The van der Waals surface area contributed by atoms with E-state index in [1.165, 1.54) is 0 Å². The Kier molecular flexibility index (Phi) is 4.15. The number of nitrogens with one attached hydrogen (secondary N) is 1. The minimum atomic E-state index is -2.78. The van der Waals surface area contributed by atoms with Crippen molar-refractivity contribution in [3.8, 4) is 11.1 Å². The lowest BCUT2D eigenvalue weighted by Crippen LogP contribution is -2.12. The highest BCUT2D eigenvalue weighted by Crippen LogP contribution is 2.34. The molecular formula is C23H18BrN3OS. The number of aromatic amines is 1. The van der Waals surface area contributed by atoms with E-state index in [1.54, 1.807) is 10.2 Å². The zero-order chi connectivity index (χ0) is 20.2. The number of hydrogen-bond donors (Lipinski definition) is 1. The van der Waals surface area contributed by atoms with Crippen LogP contribution >= 0.6 is 15.9 Å². The molecule has 1 atom stereocenters. The molecule has 0 bridgehead atoms. The maximum atomic E-state index is 13.8. The van der Waals surface area contributed by atoms with Crippen LogP contribution in [0.2, 0.25) is 0 Å². The van der Waals surface area contributed by atoms with Crippen LogP contribution < -0.4 is 0 Å². The van der Waals surface area contributed by atoms with Crippen LogP contribution in [0.15, 0.2) is 82.6 Å². The largest absolute Gasteiger partial charge is 0.361 e. The summed E-state index contributed by atoms with van der Waals surface area (Å²) in [6, 6.07) is 18.0. The smallest absolute Gasteiger partial charge is 0.152 e. The van der Waals surface area contributed by atoms with E-state index in [2.05, 4.69) is 50.0 Å². The van der Waals surface area contributed by atoms with Gasteiger partial charge >= 0.3 is 0 Å². The molecule has 1 unspecified atom stereocenters. The van der Waals surface area contributed by atoms with E-state index in [-0.39, 0.29) is 0 Å². The van der Waals surface area contributed by atoms with Crippen molar-refractivity contribution in [3.63, 3.8) is 0 Å². The fraction of sp³-hybridized carbons (Fsp3) is 0.0435. The first-order valence-corrected chi connectivity index (χ1v) is 11.6. The van der Waals surface area contributed by atoms with Gasteiger partial charge in [-0.2, -0.15) is 0 Å². The Labute approximate surface area is 177 Å². The lowest BCUT2D eigenvalue weighted by molar-refractivity contribution is 0.676. The number of nitrogens with zero attached hydrogens (tertiary/aromatic N) is 2. The van der Waals surface area contributed by atoms with Crippen LogP contribution in [0.4, 0.5) is 0 Å². The Bertz CT molecular complexity index is 1480. The lowest BCUT2D eigenvalue weighted by atomic mass is 10.0. The van der Waals surface area contributed by atoms with Crippen molar-refractivity contribution in [1.29, 1.82) is 0 Å². The molecule has 144 valence electrons. The molecule has 29 heavy (non-hydrogen) atoms. The van der Waals surface area contributed by atoms with Gasteiger partial charge in [-0.15, -0.1) is 0 Å². The number of hydrogen-bond acceptors (Lipinski definition) is 2. The van der Waals surface area contributed by atoms with Gasteiger partial charge in [0.05, 0.1) is 14.6 Å². The summed E-state index contributed by atoms with van der Waals surface area (Å²) in [6.45, 7) is 2.01. The van der Waals surface area contributed by atoms with Crippen molar-refractivity contribution in [3.05, 3.63) is 83.2 Å². The third-order valence-electron chi connectivity index (χ3n) is 5.15. The molecule has 0 fully saturated rings. The van der Waals surface area contributed by atoms with Crippen molar-refractivity contribution in [2.75, 3.05) is 0 Å². The summed E-state index contributed by atoms with van der Waals surface area (Å²) in [5, 5.41) is 2.05. The van der Waals surface area contributed by atoms with Gasteiger partial charge in [0, 0.05) is 39.5 Å². The Morgan fingerprint density at radius 1 is 1.10 bits per heavy atom. The van der Waals surface area contributed by atoms with Gasteiger partial charge in [0.15, 0.2) is 5.65 Å². The van der Waals surface area contributed by atoms with Crippen molar-refractivity contribution in [1.82, 2.24) is 13.9 Å². The Morgan fingerprint density at radius 3 is 2.69 bits per heavy atom. The molecule has 0 saturated carbocycles. The van der Waals surface area contributed by atoms with E-state index in [9.17, 15) is 4.21 Å². The molecule has 0 radical (unpaired) electrons. The molecule has 3 heterocycles. The minimum Gasteiger partial charge on any atom is -0.361 e. The number of aryl methyl sites for hydroxylation is 1. The van der Waals surface area contributed by atoms with Crippen LogP contribution in [0.25, 0.3) is 33.1 Å². The summed E-state index contributed by atoms with van der Waals surface area (Å²) >= 11 is 3.52. The fourth-order valence-electron chi connectivity index (χ4n) is 3.59. The average Bonchev–Trinajstić information content (AvgIpc) is 3.32. The second kappa shape index (κ2) is 6.61. The SMILES string of the molecule is C=S(=O)(c1ccc(C)cc1)n1cc(-c2ccc3[nH]ccc3c2)c2cc(Br)cnc21. The van der Waals surface area contributed by atoms with E-state index < -0.39 is 9.71 Å². The first-order valence-electron chi connectivity index (χ1n) is 9.12. The van der Waals surface area contributed by atoms with Gasteiger partial charge in [0.25, 0.3) is 0 Å². The fourth-order valence-corrected chi connectivity index (χ4v) is 5.41. The van der Waals surface area contributed by atoms with Gasteiger partial charge in [-0.05, 0) is 76.1 Å². The monoisotopic (exact) mass is 463 g/mol. The van der Waals surface area contributed by atoms with Gasteiger partial charge in [0.1, 0.15) is 0 Å². The summed E-state index contributed by atoms with van der Waals surface area (Å²) in [5.74, 6) is 4.10. The average molecular weight is 464 g/mol. The molecule has 0 aliphatic rings. The lowest BCUT2D eigenvalue weighted by Gasteiger charge is -2.12. The summed E-state index contributed by atoms with van der Waals surface area (Å²) in [7, 11) is -2.78. The number of aromatic nitrogens is 3. The normalized spacial score (nSPS) is 13.7. The van der Waals surface area contributed by atoms with Crippen molar-refractivity contribution in [2.24, 2.45) is 0 Å². The van der Waals surface area contributed by atoms with E-state index in [1.807, 2.05) is 55.7 Å². The van der Waals surface area contributed by atoms with Crippen LogP contribution in [0, 0.1) is 6.92 Å². The number of benzene rings is 2. The highest BCUT2D eigenvalue weighted by molar-refractivity contribution is 9.10. The Morgan fingerprint density at radius 2 is 1.90 bits per heavy atom. The van der Waals surface area contributed by atoms with Gasteiger partial charge in [-0.25, -0.2) is 9.19 Å². The summed E-state index contributed by atoms with van der Waals surface area (Å²) < 4.78 is 16.4. The highest BCUT2D eigenvalue weighted by atomic mass is 79.9. The summed E-state index contributed by atoms with van der Waals surface area (Å²) in [6.07, 6.45) is 5.56. The maximum absolute atomic E-state index is 13.8. The second-order valence-electron chi connectivity index (χ2n) is 7.13. The number of rotatable bonds is 3. The van der Waals surface area contributed by atoms with Crippen LogP contribution in [-0.4, -0.2) is 24.0 Å². The molecule has 1 N–H and O–H groups in total. The van der Waals surface area contributed by atoms with Gasteiger partial charge in [-0.3, -0.25) is 3.97 Å². The number of H-pyrrole nitrogens is 1.